The lowest BCUT2D eigenvalue weighted by atomic mass is 9.96. The van der Waals surface area contributed by atoms with Crippen LogP contribution in [-0.2, 0) is 11.8 Å². The van der Waals surface area contributed by atoms with Gasteiger partial charge in [-0.3, -0.25) is 9.48 Å². The first-order valence-corrected chi connectivity index (χ1v) is 14.9. The van der Waals surface area contributed by atoms with E-state index in [0.29, 0.717) is 11.6 Å². The molecule has 0 bridgehead atoms. The largest absolute Gasteiger partial charge is 0.465 e. The Balaban J connectivity index is 1.35. The molecule has 1 aliphatic heterocycles. The molecule has 1 amide bonds. The number of aryl methyl sites for hydroxylation is 2. The van der Waals surface area contributed by atoms with Crippen LogP contribution in [0.5, 0.6) is 0 Å². The molecule has 2 aromatic carbocycles. The zero-order valence-corrected chi connectivity index (χ0v) is 24.8. The molecule has 1 saturated heterocycles. The van der Waals surface area contributed by atoms with Crippen molar-refractivity contribution < 1.29 is 14.3 Å². The van der Waals surface area contributed by atoms with Crippen LogP contribution in [0.15, 0.2) is 54.9 Å². The molecular formula is C33H38N6O3. The highest BCUT2D eigenvalue weighted by Crippen LogP contribution is 2.55. The first kappa shape index (κ1) is 27.9. The number of piperidine rings is 1. The molecule has 218 valence electrons. The standard InChI is InChI=1S/C33H38N6O3/c1-5-9-25-12-6-7-13-38(25)32(40)23-11-8-10-22(16-23)24-14-21(2)15-26(17-24)39-31(29(19-34-39)33(41)42-4)28-18-27(28)30-20-37(3)36-35-30/h8,10-11,14-17,19-20,25,27-28H,5-7,9,12-13,18H2,1-4H3/t25?,27-,28-/m1/s1. The number of hydrogen-bond donors (Lipinski definition) is 0. The van der Waals surface area contributed by atoms with Gasteiger partial charge in [-0.2, -0.15) is 5.10 Å². The predicted molar refractivity (Wildman–Crippen MR) is 160 cm³/mol. The molecule has 1 aliphatic carbocycles. The van der Waals surface area contributed by atoms with Crippen LogP contribution in [0.3, 0.4) is 0 Å². The van der Waals surface area contributed by atoms with E-state index >= 15 is 0 Å². The number of carbonyl (C=O) groups is 2. The van der Waals surface area contributed by atoms with Crippen molar-refractivity contribution in [2.75, 3.05) is 13.7 Å². The first-order valence-electron chi connectivity index (χ1n) is 14.9. The van der Waals surface area contributed by atoms with Gasteiger partial charge in [0.25, 0.3) is 5.91 Å². The summed E-state index contributed by atoms with van der Waals surface area (Å²) in [5.74, 6) is -0.0531. The molecule has 9 nitrogen and oxygen atoms in total. The lowest BCUT2D eigenvalue weighted by Crippen LogP contribution is -2.43. The highest BCUT2D eigenvalue weighted by Gasteiger charge is 2.46. The minimum absolute atomic E-state index is 0.0730. The number of hydrogen-bond acceptors (Lipinski definition) is 6. The van der Waals surface area contributed by atoms with Crippen molar-refractivity contribution in [3.05, 3.63) is 82.9 Å². The minimum atomic E-state index is -0.403. The maximum atomic E-state index is 13.7. The summed E-state index contributed by atoms with van der Waals surface area (Å²) in [6.07, 6.45) is 9.83. The zero-order chi connectivity index (χ0) is 29.4. The number of esters is 1. The van der Waals surface area contributed by atoms with E-state index < -0.39 is 5.97 Å². The number of rotatable bonds is 8. The van der Waals surface area contributed by atoms with Gasteiger partial charge in [-0.05, 0) is 80.0 Å². The van der Waals surface area contributed by atoms with E-state index in [-0.39, 0.29) is 17.7 Å². The quantitative estimate of drug-likeness (QED) is 0.249. The molecule has 2 aliphatic rings. The second-order valence-corrected chi connectivity index (χ2v) is 11.7. The molecule has 6 rings (SSSR count). The van der Waals surface area contributed by atoms with Crippen LogP contribution in [0.2, 0.25) is 0 Å². The molecule has 0 N–H and O–H groups in total. The number of benzene rings is 2. The number of carbonyl (C=O) groups excluding carboxylic acids is 2. The van der Waals surface area contributed by atoms with Gasteiger partial charge in [-0.15, -0.1) is 5.10 Å². The fraction of sp³-hybridized carbons (Fsp3) is 0.424. The summed E-state index contributed by atoms with van der Waals surface area (Å²) in [5, 5.41) is 13.1. The number of nitrogens with zero attached hydrogens (tertiary/aromatic N) is 6. The van der Waals surface area contributed by atoms with E-state index in [1.165, 1.54) is 13.5 Å². The monoisotopic (exact) mass is 566 g/mol. The molecule has 1 unspecified atom stereocenters. The molecule has 3 heterocycles. The lowest BCUT2D eigenvalue weighted by Gasteiger charge is -2.36. The Morgan fingerprint density at radius 1 is 1.07 bits per heavy atom. The molecule has 3 atom stereocenters. The summed E-state index contributed by atoms with van der Waals surface area (Å²) in [5.41, 5.74) is 6.80. The molecule has 1 saturated carbocycles. The van der Waals surface area contributed by atoms with Gasteiger partial charge in [0.05, 0.1) is 30.4 Å². The van der Waals surface area contributed by atoms with Crippen molar-refractivity contribution in [1.82, 2.24) is 29.7 Å². The van der Waals surface area contributed by atoms with Crippen LogP contribution in [-0.4, -0.2) is 61.2 Å². The van der Waals surface area contributed by atoms with Crippen molar-refractivity contribution >= 4 is 11.9 Å². The molecule has 2 fully saturated rings. The van der Waals surface area contributed by atoms with Gasteiger partial charge in [0, 0.05) is 43.2 Å². The number of aromatic nitrogens is 5. The molecule has 0 radical (unpaired) electrons. The third-order valence-electron chi connectivity index (χ3n) is 8.61. The summed E-state index contributed by atoms with van der Waals surface area (Å²) < 4.78 is 8.68. The number of amides is 1. The van der Waals surface area contributed by atoms with Crippen LogP contribution >= 0.6 is 0 Å². The third kappa shape index (κ3) is 5.35. The van der Waals surface area contributed by atoms with Gasteiger partial charge in [0.1, 0.15) is 5.56 Å². The second kappa shape index (κ2) is 11.5. The second-order valence-electron chi connectivity index (χ2n) is 11.7. The Morgan fingerprint density at radius 3 is 2.69 bits per heavy atom. The predicted octanol–water partition coefficient (Wildman–Crippen LogP) is 5.83. The van der Waals surface area contributed by atoms with E-state index in [0.717, 1.165) is 78.0 Å². The Morgan fingerprint density at radius 2 is 1.93 bits per heavy atom. The fourth-order valence-corrected chi connectivity index (χ4v) is 6.50. The van der Waals surface area contributed by atoms with E-state index in [4.69, 9.17) is 4.74 Å². The SMILES string of the molecule is CCCC1CCCCN1C(=O)c1cccc(-c2cc(C)cc(-n3ncc(C(=O)OC)c3[C@@H]3C[C@H]3c3cn(C)nn3)c2)c1. The maximum absolute atomic E-state index is 13.7. The molecule has 0 spiro atoms. The van der Waals surface area contributed by atoms with Crippen LogP contribution in [0, 0.1) is 6.92 Å². The van der Waals surface area contributed by atoms with Gasteiger partial charge in [-0.25, -0.2) is 9.48 Å². The lowest BCUT2D eigenvalue weighted by molar-refractivity contribution is 0.0592. The average Bonchev–Trinajstić information content (AvgIpc) is 3.45. The van der Waals surface area contributed by atoms with Crippen molar-refractivity contribution in [2.45, 2.75) is 70.3 Å². The maximum Gasteiger partial charge on any atom is 0.341 e. The smallest absolute Gasteiger partial charge is 0.341 e. The molecule has 9 heteroatoms. The van der Waals surface area contributed by atoms with Crippen molar-refractivity contribution in [3.8, 4) is 16.8 Å². The summed E-state index contributed by atoms with van der Waals surface area (Å²) in [6.45, 7) is 5.06. The van der Waals surface area contributed by atoms with Crippen molar-refractivity contribution in [3.63, 3.8) is 0 Å². The molecule has 42 heavy (non-hydrogen) atoms. The van der Waals surface area contributed by atoms with Crippen LogP contribution in [0.25, 0.3) is 16.8 Å². The fourth-order valence-electron chi connectivity index (χ4n) is 6.50. The van der Waals surface area contributed by atoms with Crippen molar-refractivity contribution in [1.29, 1.82) is 0 Å². The summed E-state index contributed by atoms with van der Waals surface area (Å²) in [6, 6.07) is 14.5. The average molecular weight is 567 g/mol. The number of ether oxygens (including phenoxy) is 1. The Labute approximate surface area is 246 Å². The van der Waals surface area contributed by atoms with Gasteiger partial charge in [-0.1, -0.05) is 36.8 Å². The van der Waals surface area contributed by atoms with Crippen LogP contribution in [0.4, 0.5) is 0 Å². The Kier molecular flexibility index (Phi) is 7.66. The van der Waals surface area contributed by atoms with Gasteiger partial charge < -0.3 is 9.64 Å². The molecule has 2 aromatic heterocycles. The van der Waals surface area contributed by atoms with E-state index in [9.17, 15) is 9.59 Å². The highest BCUT2D eigenvalue weighted by molar-refractivity contribution is 5.96. The third-order valence-corrected chi connectivity index (χ3v) is 8.61. The molecular weight excluding hydrogens is 528 g/mol. The first-order chi connectivity index (χ1) is 20.4. The van der Waals surface area contributed by atoms with Crippen LogP contribution < -0.4 is 0 Å². The number of likely N-dealkylation sites (tertiary alicyclic amines) is 1. The topological polar surface area (TPSA) is 95.1 Å². The Hall–Kier alpha value is -4.27. The zero-order valence-electron chi connectivity index (χ0n) is 24.8. The summed E-state index contributed by atoms with van der Waals surface area (Å²) in [7, 11) is 3.24. The van der Waals surface area contributed by atoms with E-state index in [1.54, 1.807) is 10.9 Å². The normalized spacial score (nSPS) is 20.0. The van der Waals surface area contributed by atoms with Crippen LogP contribution in [0.1, 0.15) is 95.0 Å². The minimum Gasteiger partial charge on any atom is -0.465 e. The van der Waals surface area contributed by atoms with Gasteiger partial charge in [0.2, 0.25) is 0 Å². The van der Waals surface area contributed by atoms with E-state index in [2.05, 4.69) is 52.4 Å². The number of methoxy groups -OCH3 is 1. The summed E-state index contributed by atoms with van der Waals surface area (Å²) >= 11 is 0. The summed E-state index contributed by atoms with van der Waals surface area (Å²) in [4.78, 5) is 28.5. The van der Waals surface area contributed by atoms with Gasteiger partial charge in [0.15, 0.2) is 0 Å². The van der Waals surface area contributed by atoms with Gasteiger partial charge >= 0.3 is 5.97 Å². The van der Waals surface area contributed by atoms with E-state index in [1.807, 2.05) is 42.2 Å². The Bertz CT molecular complexity index is 1620. The highest BCUT2D eigenvalue weighted by atomic mass is 16.5. The van der Waals surface area contributed by atoms with Crippen molar-refractivity contribution in [2.24, 2.45) is 7.05 Å². The molecule has 4 aromatic rings.